The fourth-order valence-corrected chi connectivity index (χ4v) is 3.66. The van der Waals surface area contributed by atoms with Crippen molar-refractivity contribution < 1.29 is 26.8 Å². The van der Waals surface area contributed by atoms with E-state index < -0.39 is 40.6 Å². The predicted octanol–water partition coefficient (Wildman–Crippen LogP) is -0.228. The maximum Gasteiger partial charge on any atom is 0.333 e. The molecule has 12 heteroatoms. The van der Waals surface area contributed by atoms with Crippen LogP contribution in [-0.4, -0.2) is 58.6 Å². The van der Waals surface area contributed by atoms with E-state index in [9.17, 15) is 8.42 Å². The van der Waals surface area contributed by atoms with E-state index in [1.165, 1.54) is 6.33 Å². The summed E-state index contributed by atoms with van der Waals surface area (Å²) in [7, 11) is -4.10. The molecule has 11 nitrogen and oxygen atoms in total. The quantitative estimate of drug-likeness (QED) is 0.755. The molecule has 142 valence electrons. The molecule has 1 unspecified atom stereocenters. The van der Waals surface area contributed by atoms with Crippen molar-refractivity contribution in [3.8, 4) is 0 Å². The predicted molar refractivity (Wildman–Crippen MR) is 86.9 cm³/mol. The minimum absolute atomic E-state index is 0.281. The third-order valence-corrected chi connectivity index (χ3v) is 4.80. The molecule has 2 fully saturated rings. The summed E-state index contributed by atoms with van der Waals surface area (Å²) in [5, 5.41) is 4.91. The van der Waals surface area contributed by atoms with Crippen molar-refractivity contribution in [1.82, 2.24) is 19.5 Å². The highest BCUT2D eigenvalue weighted by Crippen LogP contribution is 2.43. The molecule has 2 aliphatic rings. The third kappa shape index (κ3) is 3.08. The molecule has 2 N–H and O–H groups in total. The summed E-state index contributed by atoms with van der Waals surface area (Å²) in [6.45, 7) is 5.11. The Labute approximate surface area is 149 Å². The smallest absolute Gasteiger partial charge is 0.333 e. The number of nitrogens with two attached hydrogens (primary N) is 1. The Balaban J connectivity index is 1.68. The second-order valence-corrected chi connectivity index (χ2v) is 7.91. The zero-order valence-corrected chi connectivity index (χ0v) is 15.2. The summed E-state index contributed by atoms with van der Waals surface area (Å²) in [5.41, 5.74) is 1.97. The first-order chi connectivity index (χ1) is 12.1. The van der Waals surface area contributed by atoms with Gasteiger partial charge in [-0.1, -0.05) is 0 Å². The first kappa shape index (κ1) is 17.7. The molecule has 2 aromatic rings. The van der Waals surface area contributed by atoms with Gasteiger partial charge in [0.05, 0.1) is 18.6 Å². The Morgan fingerprint density at radius 3 is 2.73 bits per heavy atom. The first-order valence-electron chi connectivity index (χ1n) is 7.97. The lowest BCUT2D eigenvalue weighted by Gasteiger charge is -2.24. The highest BCUT2D eigenvalue weighted by atomic mass is 32.2. The fourth-order valence-electron chi connectivity index (χ4n) is 3.33. The summed E-state index contributed by atoms with van der Waals surface area (Å²) < 4.78 is 46.5. The Morgan fingerprint density at radius 2 is 2.00 bits per heavy atom. The lowest BCUT2D eigenvalue weighted by atomic mass is 10.1. The van der Waals surface area contributed by atoms with Gasteiger partial charge in [-0.15, -0.1) is 0 Å². The van der Waals surface area contributed by atoms with Crippen LogP contribution in [0.1, 0.15) is 25.8 Å². The number of aromatic nitrogens is 4. The molecule has 2 aromatic heterocycles. The molecule has 0 radical (unpaired) electrons. The van der Waals surface area contributed by atoms with Gasteiger partial charge >= 0.3 is 10.3 Å². The van der Waals surface area contributed by atoms with E-state index in [0.717, 1.165) is 5.69 Å². The average Bonchev–Trinajstić information content (AvgIpc) is 3.16. The number of fused-ring (bicyclic) bond motifs is 2. The molecule has 0 aliphatic carbocycles. The molecule has 0 amide bonds. The van der Waals surface area contributed by atoms with Gasteiger partial charge in [-0.3, -0.25) is 8.75 Å². The Bertz CT molecular complexity index is 944. The molecule has 0 bridgehead atoms. The number of ether oxygens (including phenoxy) is 3. The van der Waals surface area contributed by atoms with Crippen LogP contribution >= 0.6 is 0 Å². The summed E-state index contributed by atoms with van der Waals surface area (Å²) in [4.78, 5) is 12.7. The topological polar surface area (TPSA) is 141 Å². The molecule has 2 aliphatic heterocycles. The lowest BCUT2D eigenvalue weighted by molar-refractivity contribution is -0.198. The molecular formula is C14H19N5O6S. The standard InChI is InChI=1S/C14H19N5O6S/c1-7-9-12(17-5-16-7)19(6-18-9)13-11-10(24-14(2,3)25-11)8(23-13)4-22-26(15,20)21/h5-6,8,10-11,13H,4H2,1-3H3,(H2,15,20,21)/t8-,10+,11?,13-/m1/s1. The van der Waals surface area contributed by atoms with E-state index in [-0.39, 0.29) is 6.61 Å². The maximum absolute atomic E-state index is 11.1. The second-order valence-electron chi connectivity index (χ2n) is 6.69. The minimum atomic E-state index is -4.10. The van der Waals surface area contributed by atoms with Crippen LogP contribution in [0.5, 0.6) is 0 Å². The molecule has 26 heavy (non-hydrogen) atoms. The van der Waals surface area contributed by atoms with Crippen molar-refractivity contribution in [2.75, 3.05) is 6.61 Å². The minimum Gasteiger partial charge on any atom is -0.347 e. The van der Waals surface area contributed by atoms with Crippen LogP contribution in [0, 0.1) is 6.92 Å². The summed E-state index contributed by atoms with van der Waals surface area (Å²) in [6, 6.07) is 0. The fraction of sp³-hybridized carbons (Fsp3) is 0.643. The zero-order chi connectivity index (χ0) is 18.7. The highest BCUT2D eigenvalue weighted by molar-refractivity contribution is 7.84. The van der Waals surface area contributed by atoms with Crippen LogP contribution < -0.4 is 5.14 Å². The number of hydrogen-bond acceptors (Lipinski definition) is 9. The van der Waals surface area contributed by atoms with Crippen molar-refractivity contribution in [2.24, 2.45) is 5.14 Å². The molecule has 0 spiro atoms. The van der Waals surface area contributed by atoms with E-state index >= 15 is 0 Å². The van der Waals surface area contributed by atoms with Crippen molar-refractivity contribution >= 4 is 21.5 Å². The Kier molecular flexibility index (Phi) is 4.02. The van der Waals surface area contributed by atoms with Crippen LogP contribution in [0.25, 0.3) is 11.2 Å². The Morgan fingerprint density at radius 1 is 1.27 bits per heavy atom. The zero-order valence-electron chi connectivity index (χ0n) is 14.4. The number of hydrogen-bond donors (Lipinski definition) is 1. The summed E-state index contributed by atoms with van der Waals surface area (Å²) >= 11 is 0. The van der Waals surface area contributed by atoms with Gasteiger partial charge in [-0.05, 0) is 20.8 Å². The molecule has 0 aromatic carbocycles. The van der Waals surface area contributed by atoms with Crippen molar-refractivity contribution in [3.63, 3.8) is 0 Å². The SMILES string of the molecule is Cc1ncnc2c1ncn2[C@@H]1O[C@H](COS(N)(=O)=O)[C@@H]2OC(C)(C)OC21. The number of nitrogens with zero attached hydrogens (tertiary/aromatic N) is 4. The van der Waals surface area contributed by atoms with E-state index in [4.69, 9.17) is 23.5 Å². The molecular weight excluding hydrogens is 366 g/mol. The maximum atomic E-state index is 11.1. The molecule has 2 saturated heterocycles. The monoisotopic (exact) mass is 385 g/mol. The van der Waals surface area contributed by atoms with Crippen LogP contribution in [0.3, 0.4) is 0 Å². The van der Waals surface area contributed by atoms with Crippen molar-refractivity contribution in [1.29, 1.82) is 0 Å². The highest BCUT2D eigenvalue weighted by Gasteiger charge is 2.56. The van der Waals surface area contributed by atoms with E-state index in [2.05, 4.69) is 15.0 Å². The first-order valence-corrected chi connectivity index (χ1v) is 9.44. The van der Waals surface area contributed by atoms with Crippen LogP contribution in [0.2, 0.25) is 0 Å². The van der Waals surface area contributed by atoms with Gasteiger partial charge in [-0.2, -0.15) is 8.42 Å². The third-order valence-electron chi connectivity index (χ3n) is 4.34. The number of imidazole rings is 1. The van der Waals surface area contributed by atoms with Gasteiger partial charge in [0.15, 0.2) is 17.7 Å². The molecule has 4 heterocycles. The average molecular weight is 385 g/mol. The van der Waals surface area contributed by atoms with Crippen LogP contribution in [0.15, 0.2) is 12.7 Å². The second kappa shape index (κ2) is 5.90. The number of rotatable bonds is 4. The lowest BCUT2D eigenvalue weighted by Crippen LogP contribution is -2.34. The number of aryl methyl sites for hydroxylation is 1. The van der Waals surface area contributed by atoms with Crippen LogP contribution in [0.4, 0.5) is 0 Å². The molecule has 4 atom stereocenters. The van der Waals surface area contributed by atoms with E-state index in [1.54, 1.807) is 24.7 Å². The van der Waals surface area contributed by atoms with Gasteiger partial charge in [0.25, 0.3) is 0 Å². The largest absolute Gasteiger partial charge is 0.347 e. The van der Waals surface area contributed by atoms with Crippen molar-refractivity contribution in [3.05, 3.63) is 18.3 Å². The Hall–Kier alpha value is -1.70. The van der Waals surface area contributed by atoms with Gasteiger partial charge in [0.2, 0.25) is 0 Å². The van der Waals surface area contributed by atoms with Gasteiger partial charge in [-0.25, -0.2) is 20.1 Å². The van der Waals surface area contributed by atoms with Gasteiger partial charge in [0, 0.05) is 0 Å². The van der Waals surface area contributed by atoms with Crippen LogP contribution in [-0.2, 0) is 28.7 Å². The molecule has 4 rings (SSSR count). The normalized spacial score (nSPS) is 30.8. The molecule has 0 saturated carbocycles. The summed E-state index contributed by atoms with van der Waals surface area (Å²) in [6.07, 6.45) is 0.704. The van der Waals surface area contributed by atoms with E-state index in [0.29, 0.717) is 11.2 Å². The van der Waals surface area contributed by atoms with Gasteiger partial charge in [0.1, 0.15) is 30.2 Å². The van der Waals surface area contributed by atoms with Gasteiger partial charge < -0.3 is 14.2 Å². The summed E-state index contributed by atoms with van der Waals surface area (Å²) in [5.74, 6) is -0.849. The van der Waals surface area contributed by atoms with E-state index in [1.807, 2.05) is 6.92 Å². The van der Waals surface area contributed by atoms with Crippen molar-refractivity contribution in [2.45, 2.75) is 51.1 Å².